The molecular formula is C11H9F3N4O4. The van der Waals surface area contributed by atoms with Crippen molar-refractivity contribution in [1.82, 2.24) is 14.8 Å². The van der Waals surface area contributed by atoms with Crippen LogP contribution in [0.1, 0.15) is 11.7 Å². The van der Waals surface area contributed by atoms with Gasteiger partial charge in [0.05, 0.1) is 12.6 Å². The van der Waals surface area contributed by atoms with Crippen LogP contribution in [0.4, 0.5) is 19.1 Å². The monoisotopic (exact) mass is 318 g/mol. The fourth-order valence-electron chi connectivity index (χ4n) is 1.63. The van der Waals surface area contributed by atoms with E-state index >= 15 is 0 Å². The Balaban J connectivity index is 2.02. The standard InChI is InChI=1S/C11H9F3N4O4/c12-11(13,14)22-8-3-1-7(2-4-8)9(19)5-17-6-15-10(16-17)18(20)21/h1-4,6,9,19H,5H2. The van der Waals surface area contributed by atoms with Gasteiger partial charge in [-0.05, 0) is 22.6 Å². The summed E-state index contributed by atoms with van der Waals surface area (Å²) in [7, 11) is 0. The molecular weight excluding hydrogens is 309 g/mol. The van der Waals surface area contributed by atoms with Gasteiger partial charge >= 0.3 is 12.3 Å². The molecule has 0 fully saturated rings. The molecule has 0 spiro atoms. The molecule has 0 aliphatic rings. The lowest BCUT2D eigenvalue weighted by Crippen LogP contribution is -2.17. The van der Waals surface area contributed by atoms with Gasteiger partial charge in [0.25, 0.3) is 0 Å². The zero-order valence-corrected chi connectivity index (χ0v) is 10.8. The first-order valence-electron chi connectivity index (χ1n) is 5.82. The molecule has 0 amide bonds. The van der Waals surface area contributed by atoms with E-state index in [1.54, 1.807) is 0 Å². The van der Waals surface area contributed by atoms with Crippen LogP contribution in [0.3, 0.4) is 0 Å². The van der Waals surface area contributed by atoms with Crippen LogP contribution in [0.15, 0.2) is 30.6 Å². The molecule has 2 rings (SSSR count). The third-order valence-corrected chi connectivity index (χ3v) is 2.55. The lowest BCUT2D eigenvalue weighted by molar-refractivity contribution is -0.394. The Hall–Kier alpha value is -2.69. The van der Waals surface area contributed by atoms with E-state index in [2.05, 4.69) is 14.8 Å². The number of nitro groups is 1. The van der Waals surface area contributed by atoms with E-state index in [0.29, 0.717) is 5.56 Å². The second-order valence-electron chi connectivity index (χ2n) is 4.16. The van der Waals surface area contributed by atoms with E-state index in [-0.39, 0.29) is 6.54 Å². The van der Waals surface area contributed by atoms with E-state index in [9.17, 15) is 28.4 Å². The summed E-state index contributed by atoms with van der Waals surface area (Å²) < 4.78 is 40.8. The van der Waals surface area contributed by atoms with Crippen molar-refractivity contribution < 1.29 is 27.9 Å². The molecule has 0 saturated carbocycles. The normalized spacial score (nSPS) is 12.9. The van der Waals surface area contributed by atoms with E-state index in [1.807, 2.05) is 0 Å². The summed E-state index contributed by atoms with van der Waals surface area (Å²) in [5.74, 6) is -1.03. The predicted molar refractivity (Wildman–Crippen MR) is 64.8 cm³/mol. The van der Waals surface area contributed by atoms with Gasteiger partial charge in [0.2, 0.25) is 6.33 Å². The van der Waals surface area contributed by atoms with Gasteiger partial charge < -0.3 is 20.0 Å². The zero-order chi connectivity index (χ0) is 16.3. The van der Waals surface area contributed by atoms with Crippen LogP contribution in [0, 0.1) is 10.1 Å². The van der Waals surface area contributed by atoms with Crippen molar-refractivity contribution in [2.45, 2.75) is 19.0 Å². The number of hydrogen-bond acceptors (Lipinski definition) is 6. The van der Waals surface area contributed by atoms with Gasteiger partial charge in [-0.1, -0.05) is 17.1 Å². The summed E-state index contributed by atoms with van der Waals surface area (Å²) >= 11 is 0. The first-order chi connectivity index (χ1) is 10.2. The van der Waals surface area contributed by atoms with Crippen molar-refractivity contribution in [3.63, 3.8) is 0 Å². The van der Waals surface area contributed by atoms with Crippen LogP contribution in [0.25, 0.3) is 0 Å². The molecule has 0 aliphatic carbocycles. The molecule has 11 heteroatoms. The van der Waals surface area contributed by atoms with Gasteiger partial charge in [-0.2, -0.15) is 4.68 Å². The largest absolute Gasteiger partial charge is 0.573 e. The van der Waals surface area contributed by atoms with Gasteiger partial charge in [0.15, 0.2) is 0 Å². The SMILES string of the molecule is O=[N+]([O-])c1ncn(CC(O)c2ccc(OC(F)(F)F)cc2)n1. The minimum absolute atomic E-state index is 0.139. The van der Waals surface area contributed by atoms with Gasteiger partial charge in [-0.3, -0.25) is 0 Å². The van der Waals surface area contributed by atoms with Gasteiger partial charge in [-0.15, -0.1) is 13.2 Å². The molecule has 0 aliphatic heterocycles. The zero-order valence-electron chi connectivity index (χ0n) is 10.8. The molecule has 1 unspecified atom stereocenters. The highest BCUT2D eigenvalue weighted by atomic mass is 19.4. The molecule has 0 saturated heterocycles. The summed E-state index contributed by atoms with van der Waals surface area (Å²) in [6.45, 7) is -0.139. The minimum Gasteiger partial charge on any atom is -0.406 e. The highest BCUT2D eigenvalue weighted by molar-refractivity contribution is 5.28. The molecule has 1 N–H and O–H groups in total. The number of rotatable bonds is 5. The highest BCUT2D eigenvalue weighted by Gasteiger charge is 2.31. The first kappa shape index (κ1) is 15.7. The fourth-order valence-corrected chi connectivity index (χ4v) is 1.63. The molecule has 2 aromatic rings. The maximum absolute atomic E-state index is 12.0. The molecule has 118 valence electrons. The van der Waals surface area contributed by atoms with Crippen LogP contribution < -0.4 is 4.74 Å². The van der Waals surface area contributed by atoms with E-state index in [0.717, 1.165) is 23.1 Å². The number of ether oxygens (including phenoxy) is 1. The van der Waals surface area contributed by atoms with Crippen molar-refractivity contribution in [1.29, 1.82) is 0 Å². The van der Waals surface area contributed by atoms with E-state index in [1.165, 1.54) is 12.1 Å². The van der Waals surface area contributed by atoms with Crippen LogP contribution >= 0.6 is 0 Å². The predicted octanol–water partition coefficient (Wildman–Crippen LogP) is 1.82. The Kier molecular flexibility index (Phi) is 4.26. The molecule has 8 nitrogen and oxygen atoms in total. The summed E-state index contributed by atoms with van der Waals surface area (Å²) in [5.41, 5.74) is 0.299. The van der Waals surface area contributed by atoms with Crippen molar-refractivity contribution in [3.8, 4) is 5.75 Å². The fraction of sp³-hybridized carbons (Fsp3) is 0.273. The van der Waals surface area contributed by atoms with Gasteiger partial charge in [0, 0.05) is 5.10 Å². The van der Waals surface area contributed by atoms with Crippen molar-refractivity contribution in [3.05, 3.63) is 46.3 Å². The number of nitrogens with zero attached hydrogens (tertiary/aromatic N) is 4. The maximum Gasteiger partial charge on any atom is 0.573 e. The van der Waals surface area contributed by atoms with Crippen molar-refractivity contribution in [2.75, 3.05) is 0 Å². The van der Waals surface area contributed by atoms with Crippen molar-refractivity contribution >= 4 is 5.95 Å². The number of benzene rings is 1. The van der Waals surface area contributed by atoms with E-state index < -0.39 is 29.1 Å². The number of aromatic nitrogens is 3. The summed E-state index contributed by atoms with van der Waals surface area (Å²) in [6.07, 6.45) is -4.84. The molecule has 1 aromatic carbocycles. The Morgan fingerprint density at radius 3 is 2.50 bits per heavy atom. The quantitative estimate of drug-likeness (QED) is 0.666. The molecule has 22 heavy (non-hydrogen) atoms. The van der Waals surface area contributed by atoms with E-state index in [4.69, 9.17) is 0 Å². The number of aliphatic hydroxyl groups excluding tert-OH is 1. The lowest BCUT2D eigenvalue weighted by Gasteiger charge is -2.12. The number of hydrogen-bond donors (Lipinski definition) is 1. The van der Waals surface area contributed by atoms with Gasteiger partial charge in [0.1, 0.15) is 5.75 Å². The third-order valence-electron chi connectivity index (χ3n) is 2.55. The van der Waals surface area contributed by atoms with Crippen LogP contribution in [0.2, 0.25) is 0 Å². The van der Waals surface area contributed by atoms with Crippen LogP contribution in [0.5, 0.6) is 5.75 Å². The second-order valence-corrected chi connectivity index (χ2v) is 4.16. The first-order valence-corrected chi connectivity index (χ1v) is 5.82. The average molecular weight is 318 g/mol. The summed E-state index contributed by atoms with van der Waals surface area (Å²) in [4.78, 5) is 13.0. The number of alkyl halides is 3. The molecule has 0 bridgehead atoms. The maximum atomic E-state index is 12.0. The Labute approximate surface area is 120 Å². The molecule has 0 radical (unpaired) electrons. The number of halogens is 3. The van der Waals surface area contributed by atoms with Crippen molar-refractivity contribution in [2.24, 2.45) is 0 Å². The van der Waals surface area contributed by atoms with Gasteiger partial charge in [-0.25, -0.2) is 0 Å². The third kappa shape index (κ3) is 4.15. The average Bonchev–Trinajstić information content (AvgIpc) is 2.86. The highest BCUT2D eigenvalue weighted by Crippen LogP contribution is 2.24. The Bertz CT molecular complexity index is 656. The smallest absolute Gasteiger partial charge is 0.406 e. The topological polar surface area (TPSA) is 103 Å². The minimum atomic E-state index is -4.79. The van der Waals surface area contributed by atoms with Crippen LogP contribution in [-0.2, 0) is 6.54 Å². The number of aliphatic hydroxyl groups is 1. The van der Waals surface area contributed by atoms with Crippen LogP contribution in [-0.4, -0.2) is 31.2 Å². The second kappa shape index (κ2) is 5.97. The summed E-state index contributed by atoms with van der Waals surface area (Å²) in [5, 5.41) is 23.9. The molecule has 1 heterocycles. The summed E-state index contributed by atoms with van der Waals surface area (Å²) in [6, 6.07) is 4.60. The Morgan fingerprint density at radius 1 is 1.36 bits per heavy atom. The lowest BCUT2D eigenvalue weighted by atomic mass is 10.1. The molecule has 1 aromatic heterocycles. The molecule has 1 atom stereocenters. The Morgan fingerprint density at radius 2 is 2.00 bits per heavy atom.